The third kappa shape index (κ3) is 10.3. The van der Waals surface area contributed by atoms with Crippen molar-refractivity contribution in [3.63, 3.8) is 0 Å². The van der Waals surface area contributed by atoms with E-state index in [1.807, 2.05) is 0 Å². The first kappa shape index (κ1) is 15.8. The molecule has 0 aliphatic carbocycles. The molecule has 0 atom stereocenters. The average molecular weight is 234 g/mol. The van der Waals surface area contributed by atoms with E-state index in [1.54, 1.807) is 0 Å². The van der Waals surface area contributed by atoms with Gasteiger partial charge in [-0.1, -0.05) is 0 Å². The fraction of sp³-hybridized carbons (Fsp3) is 1.00. The summed E-state index contributed by atoms with van der Waals surface area (Å²) in [6.45, 7) is 6.74. The summed E-state index contributed by atoms with van der Waals surface area (Å²) >= 11 is 0. The zero-order valence-corrected chi connectivity index (χ0v) is 9.99. The van der Waals surface area contributed by atoms with Crippen LogP contribution in [-0.4, -0.2) is 80.7 Å². The topological polar surface area (TPSA) is 93.8 Å². The molecule has 0 fully saturated rings. The Kier molecular flexibility index (Phi) is 12.6. The van der Waals surface area contributed by atoms with Crippen molar-refractivity contribution in [2.75, 3.05) is 65.6 Å². The number of aliphatic hydroxyl groups excluding tert-OH is 2. The van der Waals surface area contributed by atoms with Gasteiger partial charge in [0.2, 0.25) is 0 Å². The number of rotatable bonds is 12. The van der Waals surface area contributed by atoms with Crippen LogP contribution in [0.2, 0.25) is 0 Å². The molecule has 0 aromatic rings. The van der Waals surface area contributed by atoms with Crippen molar-refractivity contribution in [2.45, 2.75) is 0 Å². The SMILES string of the molecule is NCCN(CCNCCO)CCNCCO. The fourth-order valence-corrected chi connectivity index (χ4v) is 1.40. The van der Waals surface area contributed by atoms with E-state index in [2.05, 4.69) is 15.5 Å². The highest BCUT2D eigenvalue weighted by Crippen LogP contribution is 1.84. The van der Waals surface area contributed by atoms with Gasteiger partial charge in [0.25, 0.3) is 0 Å². The Bertz CT molecular complexity index is 126. The molecule has 0 rings (SSSR count). The lowest BCUT2D eigenvalue weighted by atomic mass is 10.4. The van der Waals surface area contributed by atoms with Crippen LogP contribution < -0.4 is 16.4 Å². The molecule has 98 valence electrons. The highest BCUT2D eigenvalue weighted by molar-refractivity contribution is 4.62. The molecule has 0 spiro atoms. The largest absolute Gasteiger partial charge is 0.395 e. The van der Waals surface area contributed by atoms with Gasteiger partial charge in [0, 0.05) is 52.4 Å². The summed E-state index contributed by atoms with van der Waals surface area (Å²) in [7, 11) is 0. The molecule has 0 heterocycles. The highest BCUT2D eigenvalue weighted by Gasteiger charge is 2.02. The Balaban J connectivity index is 3.45. The molecule has 0 unspecified atom stereocenters. The van der Waals surface area contributed by atoms with Gasteiger partial charge in [-0.15, -0.1) is 0 Å². The van der Waals surface area contributed by atoms with Crippen LogP contribution in [0.3, 0.4) is 0 Å². The molecule has 6 N–H and O–H groups in total. The van der Waals surface area contributed by atoms with Crippen molar-refractivity contribution in [3.8, 4) is 0 Å². The Labute approximate surface area is 97.8 Å². The number of nitrogens with zero attached hydrogens (tertiary/aromatic N) is 1. The maximum Gasteiger partial charge on any atom is 0.0555 e. The van der Waals surface area contributed by atoms with E-state index in [1.165, 1.54) is 0 Å². The molecule has 0 aromatic carbocycles. The van der Waals surface area contributed by atoms with Crippen molar-refractivity contribution < 1.29 is 10.2 Å². The van der Waals surface area contributed by atoms with Crippen LogP contribution >= 0.6 is 0 Å². The van der Waals surface area contributed by atoms with Crippen LogP contribution in [0, 0.1) is 0 Å². The second-order valence-electron chi connectivity index (χ2n) is 3.58. The van der Waals surface area contributed by atoms with Gasteiger partial charge < -0.3 is 26.6 Å². The summed E-state index contributed by atoms with van der Waals surface area (Å²) < 4.78 is 0. The minimum absolute atomic E-state index is 0.176. The van der Waals surface area contributed by atoms with Crippen molar-refractivity contribution in [2.24, 2.45) is 5.73 Å². The van der Waals surface area contributed by atoms with E-state index in [0.29, 0.717) is 19.6 Å². The first-order chi connectivity index (χ1) is 7.85. The molecule has 0 radical (unpaired) electrons. The van der Waals surface area contributed by atoms with Crippen molar-refractivity contribution in [1.82, 2.24) is 15.5 Å². The first-order valence-corrected chi connectivity index (χ1v) is 5.90. The molecule has 6 nitrogen and oxygen atoms in total. The molecule has 0 aliphatic heterocycles. The van der Waals surface area contributed by atoms with Crippen LogP contribution in [-0.2, 0) is 0 Å². The van der Waals surface area contributed by atoms with Gasteiger partial charge in [-0.25, -0.2) is 0 Å². The molecule has 0 saturated carbocycles. The smallest absolute Gasteiger partial charge is 0.0555 e. The van der Waals surface area contributed by atoms with Gasteiger partial charge in [0.15, 0.2) is 0 Å². The van der Waals surface area contributed by atoms with Crippen LogP contribution in [0.15, 0.2) is 0 Å². The van der Waals surface area contributed by atoms with Gasteiger partial charge >= 0.3 is 0 Å². The average Bonchev–Trinajstić information content (AvgIpc) is 2.30. The summed E-state index contributed by atoms with van der Waals surface area (Å²) in [6.07, 6.45) is 0. The lowest BCUT2D eigenvalue weighted by Gasteiger charge is -2.21. The third-order valence-electron chi connectivity index (χ3n) is 2.23. The zero-order valence-electron chi connectivity index (χ0n) is 9.99. The maximum atomic E-state index is 8.61. The van der Waals surface area contributed by atoms with Gasteiger partial charge in [0.05, 0.1) is 13.2 Å². The number of nitrogens with two attached hydrogens (primary N) is 1. The van der Waals surface area contributed by atoms with Crippen LogP contribution in [0.4, 0.5) is 0 Å². The van der Waals surface area contributed by atoms with E-state index in [9.17, 15) is 0 Å². The summed E-state index contributed by atoms with van der Waals surface area (Å²) in [6, 6.07) is 0. The molecule has 0 aromatic heterocycles. The van der Waals surface area contributed by atoms with E-state index in [-0.39, 0.29) is 13.2 Å². The quantitative estimate of drug-likeness (QED) is 0.238. The Morgan fingerprint density at radius 2 is 1.31 bits per heavy atom. The van der Waals surface area contributed by atoms with Gasteiger partial charge in [-0.05, 0) is 0 Å². The molecular weight excluding hydrogens is 208 g/mol. The second kappa shape index (κ2) is 12.8. The zero-order chi connectivity index (χ0) is 12.1. The first-order valence-electron chi connectivity index (χ1n) is 5.90. The predicted molar refractivity (Wildman–Crippen MR) is 65.4 cm³/mol. The van der Waals surface area contributed by atoms with Gasteiger partial charge in [-0.2, -0.15) is 0 Å². The normalized spacial score (nSPS) is 11.2. The lowest BCUT2D eigenvalue weighted by Crippen LogP contribution is -2.40. The van der Waals surface area contributed by atoms with E-state index < -0.39 is 0 Å². The third-order valence-corrected chi connectivity index (χ3v) is 2.23. The minimum atomic E-state index is 0.176. The number of nitrogens with one attached hydrogen (secondary N) is 2. The van der Waals surface area contributed by atoms with Crippen molar-refractivity contribution in [1.29, 1.82) is 0 Å². The van der Waals surface area contributed by atoms with E-state index in [4.69, 9.17) is 15.9 Å². The molecule has 0 bridgehead atoms. The highest BCUT2D eigenvalue weighted by atomic mass is 16.3. The lowest BCUT2D eigenvalue weighted by molar-refractivity contribution is 0.256. The molecular formula is C10H26N4O2. The van der Waals surface area contributed by atoms with Gasteiger partial charge in [0.1, 0.15) is 0 Å². The predicted octanol–water partition coefficient (Wildman–Crippen LogP) is -2.59. The van der Waals surface area contributed by atoms with E-state index >= 15 is 0 Å². The Morgan fingerprint density at radius 1 is 0.812 bits per heavy atom. The monoisotopic (exact) mass is 234 g/mol. The number of hydrogen-bond acceptors (Lipinski definition) is 6. The molecule has 6 heteroatoms. The van der Waals surface area contributed by atoms with Crippen molar-refractivity contribution in [3.05, 3.63) is 0 Å². The Morgan fingerprint density at radius 3 is 1.69 bits per heavy atom. The standard InChI is InChI=1S/C10H26N4O2/c11-1-6-14(7-2-12-4-9-15)8-3-13-5-10-16/h12-13,15-16H,1-11H2. The molecule has 0 amide bonds. The Hall–Kier alpha value is -0.240. The minimum Gasteiger partial charge on any atom is -0.395 e. The van der Waals surface area contributed by atoms with E-state index in [0.717, 1.165) is 32.7 Å². The maximum absolute atomic E-state index is 8.61. The van der Waals surface area contributed by atoms with Crippen LogP contribution in [0.25, 0.3) is 0 Å². The number of aliphatic hydroxyl groups is 2. The molecule has 16 heavy (non-hydrogen) atoms. The number of hydrogen-bond donors (Lipinski definition) is 5. The molecule has 0 saturated heterocycles. The fourth-order valence-electron chi connectivity index (χ4n) is 1.40. The van der Waals surface area contributed by atoms with Crippen LogP contribution in [0.1, 0.15) is 0 Å². The van der Waals surface area contributed by atoms with Gasteiger partial charge in [-0.3, -0.25) is 4.90 Å². The summed E-state index contributed by atoms with van der Waals surface area (Å²) in [4.78, 5) is 2.26. The summed E-state index contributed by atoms with van der Waals surface area (Å²) in [5, 5.41) is 23.5. The second-order valence-corrected chi connectivity index (χ2v) is 3.58. The van der Waals surface area contributed by atoms with Crippen LogP contribution in [0.5, 0.6) is 0 Å². The summed E-state index contributed by atoms with van der Waals surface area (Å²) in [5.41, 5.74) is 5.53. The molecule has 0 aliphatic rings. The summed E-state index contributed by atoms with van der Waals surface area (Å²) in [5.74, 6) is 0. The van der Waals surface area contributed by atoms with Crippen molar-refractivity contribution >= 4 is 0 Å².